The van der Waals surface area contributed by atoms with Crippen molar-refractivity contribution in [1.82, 2.24) is 19.9 Å². The van der Waals surface area contributed by atoms with Crippen LogP contribution in [0.2, 0.25) is 0 Å². The normalized spacial score (nSPS) is 22.9. The molecule has 0 aromatic carbocycles. The van der Waals surface area contributed by atoms with Crippen LogP contribution in [-0.2, 0) is 22.5 Å². The van der Waals surface area contributed by atoms with Gasteiger partial charge >= 0.3 is 0 Å². The number of ether oxygens (including phenoxy) is 1. The number of piperazine rings is 1. The van der Waals surface area contributed by atoms with E-state index in [0.29, 0.717) is 25.0 Å². The average molecular weight is 322 g/mol. The minimum atomic E-state index is -0.212. The minimum absolute atomic E-state index is 0.152. The maximum Gasteiger partial charge on any atom is 0.251 e. The molecule has 128 valence electrons. The van der Waals surface area contributed by atoms with Gasteiger partial charge in [-0.25, -0.2) is 0 Å². The summed E-state index contributed by atoms with van der Waals surface area (Å²) in [7, 11) is 0. The average Bonchev–Trinajstić information content (AvgIpc) is 3.19. The lowest BCUT2D eigenvalue weighted by atomic mass is 10.1. The molecule has 1 aromatic rings. The molecule has 2 aliphatic heterocycles. The van der Waals surface area contributed by atoms with Gasteiger partial charge in [0.2, 0.25) is 5.89 Å². The molecule has 0 radical (unpaired) electrons. The molecule has 1 unspecified atom stereocenters. The van der Waals surface area contributed by atoms with Crippen LogP contribution in [0.1, 0.15) is 38.4 Å². The van der Waals surface area contributed by atoms with Crippen molar-refractivity contribution in [3.8, 4) is 0 Å². The van der Waals surface area contributed by atoms with Gasteiger partial charge in [0.25, 0.3) is 5.91 Å². The highest BCUT2D eigenvalue weighted by Gasteiger charge is 2.30. The third-order valence-corrected chi connectivity index (χ3v) is 4.35. The summed E-state index contributed by atoms with van der Waals surface area (Å²) in [5.74, 6) is 2.12. The molecular formula is C16H26N4O3. The van der Waals surface area contributed by atoms with Gasteiger partial charge in [0.05, 0.1) is 6.54 Å². The Morgan fingerprint density at radius 1 is 1.30 bits per heavy atom. The van der Waals surface area contributed by atoms with Gasteiger partial charge in [-0.05, 0) is 18.8 Å². The second-order valence-corrected chi connectivity index (χ2v) is 6.81. The molecule has 23 heavy (non-hydrogen) atoms. The van der Waals surface area contributed by atoms with E-state index in [1.54, 1.807) is 0 Å². The zero-order chi connectivity index (χ0) is 16.2. The number of aromatic nitrogens is 2. The quantitative estimate of drug-likeness (QED) is 0.808. The Kier molecular flexibility index (Phi) is 5.27. The van der Waals surface area contributed by atoms with E-state index in [-0.39, 0.29) is 12.0 Å². The SMILES string of the molecule is CC(C)Cc1noc(CN2CCN(C(=O)C3CCCO3)CC2)n1. The van der Waals surface area contributed by atoms with Gasteiger partial charge in [-0.3, -0.25) is 9.69 Å². The van der Waals surface area contributed by atoms with Crippen molar-refractivity contribution < 1.29 is 14.1 Å². The summed E-state index contributed by atoms with van der Waals surface area (Å²) in [6.07, 6.45) is 2.48. The molecule has 2 aliphatic rings. The summed E-state index contributed by atoms with van der Waals surface area (Å²) in [6.45, 7) is 8.80. The third-order valence-electron chi connectivity index (χ3n) is 4.35. The van der Waals surface area contributed by atoms with Gasteiger partial charge in [-0.1, -0.05) is 19.0 Å². The first-order chi connectivity index (χ1) is 11.1. The fourth-order valence-corrected chi connectivity index (χ4v) is 3.10. The maximum absolute atomic E-state index is 12.3. The molecule has 7 nitrogen and oxygen atoms in total. The molecule has 2 saturated heterocycles. The first-order valence-corrected chi connectivity index (χ1v) is 8.56. The van der Waals surface area contributed by atoms with Crippen LogP contribution in [0, 0.1) is 5.92 Å². The smallest absolute Gasteiger partial charge is 0.251 e. The van der Waals surface area contributed by atoms with Crippen LogP contribution in [0.25, 0.3) is 0 Å². The highest BCUT2D eigenvalue weighted by atomic mass is 16.5. The molecule has 1 aromatic heterocycles. The van der Waals surface area contributed by atoms with Crippen molar-refractivity contribution in [3.63, 3.8) is 0 Å². The molecule has 3 heterocycles. The lowest BCUT2D eigenvalue weighted by Crippen LogP contribution is -2.51. The number of hydrogen-bond donors (Lipinski definition) is 0. The lowest BCUT2D eigenvalue weighted by Gasteiger charge is -2.35. The standard InChI is InChI=1S/C16H26N4O3/c1-12(2)10-14-17-15(23-18-14)11-19-5-7-20(8-6-19)16(21)13-4-3-9-22-13/h12-13H,3-11H2,1-2H3. The lowest BCUT2D eigenvalue weighted by molar-refractivity contribution is -0.142. The Morgan fingerprint density at radius 3 is 2.74 bits per heavy atom. The van der Waals surface area contributed by atoms with E-state index in [1.807, 2.05) is 4.90 Å². The molecule has 3 rings (SSSR count). The number of rotatable bonds is 5. The number of carbonyl (C=O) groups is 1. The van der Waals surface area contributed by atoms with Crippen LogP contribution in [0.4, 0.5) is 0 Å². The molecule has 0 bridgehead atoms. The highest BCUT2D eigenvalue weighted by molar-refractivity contribution is 5.81. The van der Waals surface area contributed by atoms with Crippen molar-refractivity contribution in [2.45, 2.75) is 45.8 Å². The minimum Gasteiger partial charge on any atom is -0.368 e. The van der Waals surface area contributed by atoms with E-state index < -0.39 is 0 Å². The molecule has 1 amide bonds. The predicted octanol–water partition coefficient (Wildman–Crippen LogP) is 1.09. The second-order valence-electron chi connectivity index (χ2n) is 6.81. The van der Waals surface area contributed by atoms with E-state index in [0.717, 1.165) is 51.3 Å². The fourth-order valence-electron chi connectivity index (χ4n) is 3.10. The Balaban J connectivity index is 1.45. The number of carbonyl (C=O) groups excluding carboxylic acids is 1. The number of nitrogens with zero attached hydrogens (tertiary/aromatic N) is 4. The van der Waals surface area contributed by atoms with E-state index in [1.165, 1.54) is 0 Å². The second kappa shape index (κ2) is 7.40. The Bertz CT molecular complexity index is 517. The summed E-state index contributed by atoms with van der Waals surface area (Å²) in [5, 5.41) is 4.02. The summed E-state index contributed by atoms with van der Waals surface area (Å²) < 4.78 is 10.8. The van der Waals surface area contributed by atoms with Gasteiger partial charge in [0.1, 0.15) is 6.10 Å². The predicted molar refractivity (Wildman–Crippen MR) is 83.7 cm³/mol. The first-order valence-electron chi connectivity index (χ1n) is 8.56. The molecule has 0 aliphatic carbocycles. The van der Waals surface area contributed by atoms with E-state index in [2.05, 4.69) is 28.9 Å². The summed E-state index contributed by atoms with van der Waals surface area (Å²) in [6, 6.07) is 0. The van der Waals surface area contributed by atoms with Gasteiger partial charge in [-0.2, -0.15) is 4.98 Å². The maximum atomic E-state index is 12.3. The van der Waals surface area contributed by atoms with Crippen LogP contribution < -0.4 is 0 Å². The zero-order valence-corrected chi connectivity index (χ0v) is 14.0. The van der Waals surface area contributed by atoms with E-state index >= 15 is 0 Å². The Hall–Kier alpha value is -1.47. The van der Waals surface area contributed by atoms with Gasteiger partial charge in [0.15, 0.2) is 5.82 Å². The fraction of sp³-hybridized carbons (Fsp3) is 0.812. The van der Waals surface area contributed by atoms with Gasteiger partial charge in [0, 0.05) is 39.2 Å². The monoisotopic (exact) mass is 322 g/mol. The summed E-state index contributed by atoms with van der Waals surface area (Å²) >= 11 is 0. The van der Waals surface area contributed by atoms with Crippen molar-refractivity contribution in [3.05, 3.63) is 11.7 Å². The molecule has 7 heteroatoms. The van der Waals surface area contributed by atoms with Gasteiger partial charge < -0.3 is 14.2 Å². The van der Waals surface area contributed by atoms with Crippen molar-refractivity contribution in [1.29, 1.82) is 0 Å². The van der Waals surface area contributed by atoms with Gasteiger partial charge in [-0.15, -0.1) is 0 Å². The molecule has 1 atom stereocenters. The Morgan fingerprint density at radius 2 is 2.09 bits per heavy atom. The molecular weight excluding hydrogens is 296 g/mol. The zero-order valence-electron chi connectivity index (χ0n) is 14.0. The third kappa shape index (κ3) is 4.29. The summed E-state index contributed by atoms with van der Waals surface area (Å²) in [5.41, 5.74) is 0. The molecule has 0 N–H and O–H groups in total. The van der Waals surface area contributed by atoms with Crippen LogP contribution in [0.5, 0.6) is 0 Å². The van der Waals surface area contributed by atoms with Crippen LogP contribution in [0.3, 0.4) is 0 Å². The van der Waals surface area contributed by atoms with E-state index in [4.69, 9.17) is 9.26 Å². The van der Waals surface area contributed by atoms with Crippen LogP contribution >= 0.6 is 0 Å². The summed E-state index contributed by atoms with van der Waals surface area (Å²) in [4.78, 5) is 20.9. The van der Waals surface area contributed by atoms with Crippen molar-refractivity contribution >= 4 is 5.91 Å². The highest BCUT2D eigenvalue weighted by Crippen LogP contribution is 2.16. The molecule has 0 saturated carbocycles. The van der Waals surface area contributed by atoms with Crippen molar-refractivity contribution in [2.24, 2.45) is 5.92 Å². The largest absolute Gasteiger partial charge is 0.368 e. The van der Waals surface area contributed by atoms with Crippen LogP contribution in [-0.4, -0.2) is 64.7 Å². The number of hydrogen-bond acceptors (Lipinski definition) is 6. The Labute approximate surface area is 137 Å². The van der Waals surface area contributed by atoms with E-state index in [9.17, 15) is 4.79 Å². The molecule has 2 fully saturated rings. The first kappa shape index (κ1) is 16.4. The number of amides is 1. The molecule has 0 spiro atoms. The van der Waals surface area contributed by atoms with Crippen LogP contribution in [0.15, 0.2) is 4.52 Å². The van der Waals surface area contributed by atoms with Crippen molar-refractivity contribution in [2.75, 3.05) is 32.8 Å². The topological polar surface area (TPSA) is 71.7 Å².